The molecule has 1 atom stereocenters. The maximum absolute atomic E-state index is 9.30. The molecule has 0 saturated carbocycles. The first-order chi connectivity index (χ1) is 10.9. The van der Waals surface area contributed by atoms with Gasteiger partial charge in [-0.05, 0) is 80.7 Å². The molecule has 0 bridgehead atoms. The molecular formula is C19H24N2OS. The van der Waals surface area contributed by atoms with Crippen molar-refractivity contribution in [2.75, 3.05) is 5.32 Å². The minimum absolute atomic E-state index is 0.272. The van der Waals surface area contributed by atoms with Gasteiger partial charge in [-0.25, -0.2) is 0 Å². The monoisotopic (exact) mass is 328 g/mol. The Bertz CT molecular complexity index is 668. The van der Waals surface area contributed by atoms with Crippen molar-refractivity contribution in [1.82, 2.24) is 5.32 Å². The van der Waals surface area contributed by atoms with Gasteiger partial charge in [0.05, 0.1) is 0 Å². The number of rotatable bonds is 5. The Morgan fingerprint density at radius 3 is 2.52 bits per heavy atom. The summed E-state index contributed by atoms with van der Waals surface area (Å²) in [4.78, 5) is 0. The third kappa shape index (κ3) is 5.57. The van der Waals surface area contributed by atoms with Crippen molar-refractivity contribution in [3.63, 3.8) is 0 Å². The van der Waals surface area contributed by atoms with Crippen LogP contribution < -0.4 is 10.6 Å². The summed E-state index contributed by atoms with van der Waals surface area (Å²) in [5, 5.41) is 16.5. The lowest BCUT2D eigenvalue weighted by atomic mass is 10.1. The number of hydrogen-bond acceptors (Lipinski definition) is 2. The fourth-order valence-electron chi connectivity index (χ4n) is 2.37. The van der Waals surface area contributed by atoms with Gasteiger partial charge in [0, 0.05) is 11.7 Å². The van der Waals surface area contributed by atoms with Crippen LogP contribution in [-0.4, -0.2) is 16.3 Å². The molecule has 0 aromatic heterocycles. The van der Waals surface area contributed by atoms with Gasteiger partial charge in [-0.15, -0.1) is 0 Å². The Kier molecular flexibility index (Phi) is 5.99. The second kappa shape index (κ2) is 7.97. The molecule has 0 aliphatic heterocycles. The van der Waals surface area contributed by atoms with Crippen molar-refractivity contribution in [1.29, 1.82) is 0 Å². The van der Waals surface area contributed by atoms with Gasteiger partial charge in [-0.2, -0.15) is 0 Å². The van der Waals surface area contributed by atoms with E-state index < -0.39 is 0 Å². The molecule has 0 aliphatic rings. The summed E-state index contributed by atoms with van der Waals surface area (Å²) in [5.41, 5.74) is 4.65. The molecule has 2 aromatic rings. The van der Waals surface area contributed by atoms with Crippen LogP contribution in [0.4, 0.5) is 5.69 Å². The number of thiocarbonyl (C=S) groups is 1. The van der Waals surface area contributed by atoms with E-state index in [1.165, 1.54) is 16.7 Å². The minimum Gasteiger partial charge on any atom is -0.508 e. The topological polar surface area (TPSA) is 44.3 Å². The molecule has 0 radical (unpaired) electrons. The van der Waals surface area contributed by atoms with E-state index in [2.05, 4.69) is 49.6 Å². The number of aromatic hydroxyl groups is 1. The van der Waals surface area contributed by atoms with Crippen molar-refractivity contribution in [2.45, 2.75) is 39.7 Å². The van der Waals surface area contributed by atoms with E-state index in [-0.39, 0.29) is 6.04 Å². The highest BCUT2D eigenvalue weighted by molar-refractivity contribution is 7.80. The standard InChI is InChI=1S/C19H24N2OS/c1-13-4-5-14(2)18(12-13)21-19(23)20-15(3)6-7-16-8-10-17(22)11-9-16/h4-5,8-12,15,22H,6-7H2,1-3H3,(H2,20,21,23). The van der Waals surface area contributed by atoms with Gasteiger partial charge >= 0.3 is 0 Å². The largest absolute Gasteiger partial charge is 0.508 e. The second-order valence-electron chi connectivity index (χ2n) is 6.02. The summed E-state index contributed by atoms with van der Waals surface area (Å²) in [6.45, 7) is 6.26. The zero-order valence-corrected chi connectivity index (χ0v) is 14.7. The Labute approximate surface area is 143 Å². The van der Waals surface area contributed by atoms with E-state index in [1.807, 2.05) is 12.1 Å². The van der Waals surface area contributed by atoms with Crippen molar-refractivity contribution in [3.05, 3.63) is 59.2 Å². The van der Waals surface area contributed by atoms with Gasteiger partial charge in [0.1, 0.15) is 5.75 Å². The van der Waals surface area contributed by atoms with Crippen molar-refractivity contribution in [2.24, 2.45) is 0 Å². The number of phenolic OH excluding ortho intramolecular Hbond substituents is 1. The van der Waals surface area contributed by atoms with Gasteiger partial charge in [-0.3, -0.25) is 0 Å². The molecule has 0 spiro atoms. The van der Waals surface area contributed by atoms with Crippen LogP contribution in [0.2, 0.25) is 0 Å². The van der Waals surface area contributed by atoms with E-state index in [0.29, 0.717) is 10.9 Å². The second-order valence-corrected chi connectivity index (χ2v) is 6.43. The molecule has 0 amide bonds. The molecule has 2 aromatic carbocycles. The Morgan fingerprint density at radius 1 is 1.13 bits per heavy atom. The van der Waals surface area contributed by atoms with Gasteiger partial charge in [-0.1, -0.05) is 24.3 Å². The highest BCUT2D eigenvalue weighted by Crippen LogP contribution is 2.16. The summed E-state index contributed by atoms with van der Waals surface area (Å²) in [7, 11) is 0. The fraction of sp³-hybridized carbons (Fsp3) is 0.316. The number of benzene rings is 2. The van der Waals surface area contributed by atoms with E-state index in [9.17, 15) is 5.11 Å². The maximum atomic E-state index is 9.30. The van der Waals surface area contributed by atoms with Crippen molar-refractivity contribution >= 4 is 23.0 Å². The maximum Gasteiger partial charge on any atom is 0.170 e. The number of aryl methyl sites for hydroxylation is 3. The van der Waals surface area contributed by atoms with E-state index in [4.69, 9.17) is 12.2 Å². The fourth-order valence-corrected chi connectivity index (χ4v) is 2.68. The quantitative estimate of drug-likeness (QED) is 0.715. The first-order valence-electron chi connectivity index (χ1n) is 7.86. The SMILES string of the molecule is Cc1ccc(C)c(NC(=S)NC(C)CCc2ccc(O)cc2)c1. The highest BCUT2D eigenvalue weighted by Gasteiger charge is 2.06. The van der Waals surface area contributed by atoms with E-state index in [0.717, 1.165) is 18.5 Å². The van der Waals surface area contributed by atoms with Crippen LogP contribution in [0.5, 0.6) is 5.75 Å². The number of nitrogens with one attached hydrogen (secondary N) is 2. The molecule has 1 unspecified atom stereocenters. The van der Waals surface area contributed by atoms with E-state index in [1.54, 1.807) is 12.1 Å². The van der Waals surface area contributed by atoms with Crippen molar-refractivity contribution in [3.8, 4) is 5.75 Å². The average Bonchev–Trinajstić information content (AvgIpc) is 2.50. The molecule has 23 heavy (non-hydrogen) atoms. The van der Waals surface area contributed by atoms with E-state index >= 15 is 0 Å². The lowest BCUT2D eigenvalue weighted by Gasteiger charge is -2.18. The normalized spacial score (nSPS) is 11.8. The smallest absolute Gasteiger partial charge is 0.170 e. The Balaban J connectivity index is 1.82. The average molecular weight is 328 g/mol. The summed E-state index contributed by atoms with van der Waals surface area (Å²) in [5.74, 6) is 0.304. The first kappa shape index (κ1) is 17.3. The molecule has 0 fully saturated rings. The Hall–Kier alpha value is -2.07. The van der Waals surface area contributed by atoms with Crippen LogP contribution in [0.25, 0.3) is 0 Å². The third-order valence-corrected chi connectivity index (χ3v) is 4.04. The third-order valence-electron chi connectivity index (χ3n) is 3.82. The van der Waals surface area contributed by atoms with Crippen LogP contribution in [-0.2, 0) is 6.42 Å². The van der Waals surface area contributed by atoms with Gasteiger partial charge in [0.2, 0.25) is 0 Å². The Morgan fingerprint density at radius 2 is 1.83 bits per heavy atom. The minimum atomic E-state index is 0.272. The number of phenols is 1. The predicted octanol–water partition coefficient (Wildman–Crippen LogP) is 4.32. The zero-order chi connectivity index (χ0) is 16.8. The summed E-state index contributed by atoms with van der Waals surface area (Å²) >= 11 is 5.41. The summed E-state index contributed by atoms with van der Waals surface area (Å²) < 4.78 is 0. The molecule has 0 heterocycles. The summed E-state index contributed by atoms with van der Waals surface area (Å²) in [6.07, 6.45) is 1.92. The van der Waals surface area contributed by atoms with Crippen LogP contribution in [0, 0.1) is 13.8 Å². The molecule has 0 saturated heterocycles. The molecular weight excluding hydrogens is 304 g/mol. The molecule has 4 heteroatoms. The van der Waals surface area contributed by atoms with Crippen LogP contribution in [0.15, 0.2) is 42.5 Å². The molecule has 0 aliphatic carbocycles. The van der Waals surface area contributed by atoms with Gasteiger partial charge in [0.15, 0.2) is 5.11 Å². The lowest BCUT2D eigenvalue weighted by Crippen LogP contribution is -2.36. The van der Waals surface area contributed by atoms with Crippen LogP contribution in [0.3, 0.4) is 0 Å². The van der Waals surface area contributed by atoms with Crippen molar-refractivity contribution < 1.29 is 5.11 Å². The molecule has 3 N–H and O–H groups in total. The van der Waals surface area contributed by atoms with Crippen LogP contribution >= 0.6 is 12.2 Å². The highest BCUT2D eigenvalue weighted by atomic mass is 32.1. The zero-order valence-electron chi connectivity index (χ0n) is 13.9. The van der Waals surface area contributed by atoms with Crippen LogP contribution in [0.1, 0.15) is 30.0 Å². The number of anilines is 1. The summed E-state index contributed by atoms with van der Waals surface area (Å²) in [6, 6.07) is 13.9. The van der Waals surface area contributed by atoms with Gasteiger partial charge < -0.3 is 15.7 Å². The lowest BCUT2D eigenvalue weighted by molar-refractivity contribution is 0.475. The first-order valence-corrected chi connectivity index (χ1v) is 8.27. The van der Waals surface area contributed by atoms with Gasteiger partial charge in [0.25, 0.3) is 0 Å². The molecule has 2 rings (SSSR count). The predicted molar refractivity (Wildman–Crippen MR) is 101 cm³/mol. The molecule has 122 valence electrons. The molecule has 3 nitrogen and oxygen atoms in total. The number of hydrogen-bond donors (Lipinski definition) is 3.